The van der Waals surface area contributed by atoms with Gasteiger partial charge in [0.05, 0.1) is 0 Å². The van der Waals surface area contributed by atoms with Crippen molar-refractivity contribution in [2.75, 3.05) is 0 Å². The lowest BCUT2D eigenvalue weighted by atomic mass is 9.78. The van der Waals surface area contributed by atoms with Crippen molar-refractivity contribution in [3.63, 3.8) is 0 Å². The van der Waals surface area contributed by atoms with E-state index >= 15 is 0 Å². The lowest BCUT2D eigenvalue weighted by Crippen LogP contribution is -2.31. The maximum atomic E-state index is 6.78. The minimum atomic E-state index is -0.0882. The summed E-state index contributed by atoms with van der Waals surface area (Å²) in [4.78, 5) is 0. The van der Waals surface area contributed by atoms with Gasteiger partial charge in [0.1, 0.15) is 22.7 Å². The molecule has 0 bridgehead atoms. The van der Waals surface area contributed by atoms with Crippen LogP contribution in [0.15, 0.2) is 48.5 Å². The first-order valence-corrected chi connectivity index (χ1v) is 14.9. The van der Waals surface area contributed by atoms with Gasteiger partial charge in [-0.05, 0) is 72.9 Å². The zero-order valence-electron chi connectivity index (χ0n) is 24.5. The zero-order chi connectivity index (χ0) is 26.4. The molecule has 4 saturated carbocycles. The lowest BCUT2D eigenvalue weighted by Gasteiger charge is -2.31. The maximum absolute atomic E-state index is 6.78. The summed E-state index contributed by atoms with van der Waals surface area (Å²) in [6.07, 6.45) is 7.66. The van der Waals surface area contributed by atoms with E-state index in [1.807, 2.05) is 0 Å². The summed E-state index contributed by atoms with van der Waals surface area (Å²) in [6.45, 7) is 19.0. The van der Waals surface area contributed by atoms with E-state index in [1.54, 1.807) is 0 Å². The fraction of sp³-hybridized carbons (Fsp3) is 0.657. The molecule has 0 spiro atoms. The topological polar surface area (TPSA) is 18.5 Å². The monoisotopic (exact) mass is 500 g/mol. The quantitative estimate of drug-likeness (QED) is 0.393. The van der Waals surface area contributed by atoms with Crippen molar-refractivity contribution in [3.8, 4) is 11.5 Å². The number of rotatable bonds is 6. The fourth-order valence-electron chi connectivity index (χ4n) is 8.94. The Morgan fingerprint density at radius 1 is 0.595 bits per heavy atom. The molecule has 4 aliphatic rings. The minimum absolute atomic E-state index is 0.0301. The van der Waals surface area contributed by atoms with Crippen LogP contribution in [-0.4, -0.2) is 11.2 Å². The van der Waals surface area contributed by atoms with Crippen molar-refractivity contribution in [2.45, 2.75) is 111 Å². The Morgan fingerprint density at radius 3 is 1.30 bits per heavy atom. The predicted octanol–water partition coefficient (Wildman–Crippen LogP) is 9.20. The Morgan fingerprint density at radius 2 is 0.946 bits per heavy atom. The van der Waals surface area contributed by atoms with E-state index in [1.165, 1.54) is 49.7 Å². The predicted molar refractivity (Wildman–Crippen MR) is 152 cm³/mol. The molecule has 37 heavy (non-hydrogen) atoms. The molecule has 0 aliphatic heterocycles. The van der Waals surface area contributed by atoms with Gasteiger partial charge in [0.15, 0.2) is 0 Å². The number of hydrogen-bond acceptors (Lipinski definition) is 2. The highest BCUT2D eigenvalue weighted by atomic mass is 16.5. The van der Waals surface area contributed by atoms with Gasteiger partial charge >= 0.3 is 0 Å². The minimum Gasteiger partial charge on any atom is -0.486 e. The molecule has 0 radical (unpaired) electrons. The molecule has 0 N–H and O–H groups in total. The second-order valence-electron chi connectivity index (χ2n) is 15.0. The molecular weight excluding hydrogens is 452 g/mol. The SMILES string of the molecule is CC1CCC2C(C)(C)C2(Oc2ccc(C(C)(C)c3ccc(OC45CC(C)CCC4C5(C)C)cc3)cc2)C1. The van der Waals surface area contributed by atoms with Crippen LogP contribution in [0.1, 0.15) is 105 Å². The van der Waals surface area contributed by atoms with Gasteiger partial charge in [-0.1, -0.05) is 92.5 Å². The highest BCUT2D eigenvalue weighted by Crippen LogP contribution is 2.71. The first kappa shape index (κ1) is 25.3. The van der Waals surface area contributed by atoms with Gasteiger partial charge in [-0.15, -0.1) is 0 Å². The van der Waals surface area contributed by atoms with Crippen molar-refractivity contribution < 1.29 is 9.47 Å². The maximum Gasteiger partial charge on any atom is 0.120 e. The summed E-state index contributed by atoms with van der Waals surface area (Å²) >= 11 is 0. The highest BCUT2D eigenvalue weighted by Gasteiger charge is 2.75. The molecule has 2 nitrogen and oxygen atoms in total. The second-order valence-corrected chi connectivity index (χ2v) is 15.0. The lowest BCUT2D eigenvalue weighted by molar-refractivity contribution is 0.0846. The Hall–Kier alpha value is -1.96. The van der Waals surface area contributed by atoms with Crippen LogP contribution in [-0.2, 0) is 5.41 Å². The summed E-state index contributed by atoms with van der Waals surface area (Å²) in [5.41, 5.74) is 3.17. The van der Waals surface area contributed by atoms with Crippen molar-refractivity contribution >= 4 is 0 Å². The summed E-state index contributed by atoms with van der Waals surface area (Å²) in [7, 11) is 0. The molecule has 2 aromatic carbocycles. The first-order chi connectivity index (χ1) is 17.3. The van der Waals surface area contributed by atoms with E-state index < -0.39 is 0 Å². The molecule has 2 aromatic rings. The van der Waals surface area contributed by atoms with E-state index in [-0.39, 0.29) is 27.4 Å². The van der Waals surface area contributed by atoms with E-state index in [0.29, 0.717) is 11.8 Å². The standard InChI is InChI=1S/C35H48O2/c1-23-9-19-29-32(5,6)34(29,21-23)36-27-15-11-25(12-16-27)31(3,4)26-13-17-28(18-14-26)37-35-22-24(2)10-20-30(35)33(35,7)8/h11-18,23-24,29-30H,9-10,19-22H2,1-8H3. The van der Waals surface area contributed by atoms with E-state index in [4.69, 9.17) is 9.47 Å². The molecule has 6 rings (SSSR count). The van der Waals surface area contributed by atoms with Crippen molar-refractivity contribution in [1.29, 1.82) is 0 Å². The van der Waals surface area contributed by atoms with Crippen LogP contribution >= 0.6 is 0 Å². The Bertz CT molecular complexity index is 1070. The molecule has 6 atom stereocenters. The van der Waals surface area contributed by atoms with Gasteiger partial charge in [0, 0.05) is 28.1 Å². The molecular formula is C35H48O2. The molecule has 4 fully saturated rings. The van der Waals surface area contributed by atoms with Crippen LogP contribution < -0.4 is 9.47 Å². The third-order valence-electron chi connectivity index (χ3n) is 11.8. The van der Waals surface area contributed by atoms with Crippen LogP contribution in [0.4, 0.5) is 0 Å². The van der Waals surface area contributed by atoms with E-state index in [0.717, 1.165) is 23.3 Å². The summed E-state index contributed by atoms with van der Waals surface area (Å²) in [5.74, 6) is 4.94. The molecule has 6 unspecified atom stereocenters. The van der Waals surface area contributed by atoms with Crippen LogP contribution in [0, 0.1) is 34.5 Å². The normalized spacial score (nSPS) is 37.2. The number of hydrogen-bond donors (Lipinski definition) is 0. The molecule has 0 aromatic heterocycles. The largest absolute Gasteiger partial charge is 0.486 e. The number of benzene rings is 2. The van der Waals surface area contributed by atoms with Crippen LogP contribution in [0.25, 0.3) is 0 Å². The average molecular weight is 501 g/mol. The van der Waals surface area contributed by atoms with Crippen molar-refractivity contribution in [1.82, 2.24) is 0 Å². The van der Waals surface area contributed by atoms with Gasteiger partial charge in [-0.3, -0.25) is 0 Å². The molecule has 0 heterocycles. The van der Waals surface area contributed by atoms with Gasteiger partial charge in [-0.2, -0.15) is 0 Å². The van der Waals surface area contributed by atoms with Gasteiger partial charge in [-0.25, -0.2) is 0 Å². The first-order valence-electron chi connectivity index (χ1n) is 14.9. The third kappa shape index (κ3) is 3.64. The Balaban J connectivity index is 1.16. The van der Waals surface area contributed by atoms with E-state index in [9.17, 15) is 0 Å². The van der Waals surface area contributed by atoms with Gasteiger partial charge < -0.3 is 9.47 Å². The molecule has 0 amide bonds. The van der Waals surface area contributed by atoms with Gasteiger partial charge in [0.2, 0.25) is 0 Å². The van der Waals surface area contributed by atoms with Crippen molar-refractivity contribution in [2.24, 2.45) is 34.5 Å². The summed E-state index contributed by atoms with van der Waals surface area (Å²) < 4.78 is 13.6. The summed E-state index contributed by atoms with van der Waals surface area (Å²) in [5, 5.41) is 0. The highest BCUT2D eigenvalue weighted by molar-refractivity contribution is 5.43. The van der Waals surface area contributed by atoms with Gasteiger partial charge in [0.25, 0.3) is 0 Å². The van der Waals surface area contributed by atoms with Crippen LogP contribution in [0.2, 0.25) is 0 Å². The second kappa shape index (κ2) is 8.03. The molecule has 4 aliphatic carbocycles. The van der Waals surface area contributed by atoms with E-state index in [2.05, 4.69) is 104 Å². The van der Waals surface area contributed by atoms with Crippen LogP contribution in [0.5, 0.6) is 11.5 Å². The fourth-order valence-corrected chi connectivity index (χ4v) is 8.94. The zero-order valence-corrected chi connectivity index (χ0v) is 24.5. The Labute approximate surface area is 225 Å². The summed E-state index contributed by atoms with van der Waals surface area (Å²) in [6, 6.07) is 17.9. The molecule has 2 heteroatoms. The molecule has 200 valence electrons. The molecule has 0 saturated heterocycles. The average Bonchev–Trinajstić information content (AvgIpc) is 3.53. The third-order valence-corrected chi connectivity index (χ3v) is 11.8. The van der Waals surface area contributed by atoms with Crippen LogP contribution in [0.3, 0.4) is 0 Å². The Kier molecular flexibility index (Phi) is 5.49. The smallest absolute Gasteiger partial charge is 0.120 e. The van der Waals surface area contributed by atoms with Crippen molar-refractivity contribution in [3.05, 3.63) is 59.7 Å². The number of ether oxygens (including phenoxy) is 2. The number of fused-ring (bicyclic) bond motifs is 2.